The fourth-order valence-corrected chi connectivity index (χ4v) is 1.79. The van der Waals surface area contributed by atoms with Crippen LogP contribution >= 0.6 is 0 Å². The molecule has 0 spiro atoms. The normalized spacial score (nSPS) is 11.1. The number of halogens is 1. The number of nitrogens with two attached hydrogens (primary N) is 1. The first-order chi connectivity index (χ1) is 8.17. The van der Waals surface area contributed by atoms with Crippen molar-refractivity contribution in [2.75, 3.05) is 27.3 Å². The van der Waals surface area contributed by atoms with Gasteiger partial charge in [0.25, 0.3) is 0 Å². The minimum absolute atomic E-state index is 0.226. The molecule has 1 rings (SSSR count). The van der Waals surface area contributed by atoms with Gasteiger partial charge in [-0.25, -0.2) is 4.39 Å². The molecule has 1 aromatic carbocycles. The van der Waals surface area contributed by atoms with Crippen LogP contribution in [0.5, 0.6) is 0 Å². The van der Waals surface area contributed by atoms with Crippen LogP contribution in [0.3, 0.4) is 0 Å². The zero-order valence-corrected chi connectivity index (χ0v) is 10.6. The highest BCUT2D eigenvalue weighted by Gasteiger charge is 2.06. The van der Waals surface area contributed by atoms with Crippen molar-refractivity contribution in [1.82, 2.24) is 4.90 Å². The van der Waals surface area contributed by atoms with Crippen molar-refractivity contribution in [3.63, 3.8) is 0 Å². The second-order valence-electron chi connectivity index (χ2n) is 4.20. The molecule has 1 aromatic rings. The Bertz CT molecular complexity index is 344. The van der Waals surface area contributed by atoms with Crippen molar-refractivity contribution >= 4 is 0 Å². The number of rotatable bonds is 7. The van der Waals surface area contributed by atoms with E-state index in [0.717, 1.165) is 37.2 Å². The van der Waals surface area contributed by atoms with Crippen molar-refractivity contribution < 1.29 is 9.13 Å². The SMILES string of the molecule is COCCCN(C)Cc1ccc(F)cc1CN. The summed E-state index contributed by atoms with van der Waals surface area (Å²) < 4.78 is 18.0. The van der Waals surface area contributed by atoms with Gasteiger partial charge in [0.15, 0.2) is 0 Å². The van der Waals surface area contributed by atoms with E-state index in [9.17, 15) is 4.39 Å². The van der Waals surface area contributed by atoms with Crippen LogP contribution < -0.4 is 5.73 Å². The Hall–Kier alpha value is -0.970. The molecule has 0 aromatic heterocycles. The molecule has 4 heteroatoms. The van der Waals surface area contributed by atoms with Gasteiger partial charge in [0, 0.05) is 33.4 Å². The molecular formula is C13H21FN2O. The van der Waals surface area contributed by atoms with Crippen LogP contribution in [-0.2, 0) is 17.8 Å². The quantitative estimate of drug-likeness (QED) is 0.738. The average molecular weight is 240 g/mol. The Morgan fingerprint density at radius 1 is 1.35 bits per heavy atom. The number of hydrogen-bond acceptors (Lipinski definition) is 3. The number of methoxy groups -OCH3 is 1. The van der Waals surface area contributed by atoms with E-state index in [-0.39, 0.29) is 5.82 Å². The molecule has 3 nitrogen and oxygen atoms in total. The smallest absolute Gasteiger partial charge is 0.123 e. The van der Waals surface area contributed by atoms with Crippen LogP contribution in [-0.4, -0.2) is 32.2 Å². The van der Waals surface area contributed by atoms with Crippen LogP contribution in [0.1, 0.15) is 17.5 Å². The maximum atomic E-state index is 13.0. The summed E-state index contributed by atoms with van der Waals surface area (Å²) in [5.41, 5.74) is 7.58. The Kier molecular flexibility index (Phi) is 6.11. The predicted octanol–water partition coefficient (Wildman–Crippen LogP) is 1.75. The lowest BCUT2D eigenvalue weighted by Gasteiger charge is -2.18. The molecule has 0 bridgehead atoms. The number of benzene rings is 1. The molecule has 0 saturated carbocycles. The van der Waals surface area contributed by atoms with Crippen LogP contribution in [0.4, 0.5) is 4.39 Å². The van der Waals surface area contributed by atoms with Crippen LogP contribution in [0.15, 0.2) is 18.2 Å². The van der Waals surface area contributed by atoms with Crippen molar-refractivity contribution in [2.24, 2.45) is 5.73 Å². The van der Waals surface area contributed by atoms with Crippen molar-refractivity contribution in [3.05, 3.63) is 35.1 Å². The molecule has 17 heavy (non-hydrogen) atoms. The first-order valence-electron chi connectivity index (χ1n) is 5.82. The van der Waals surface area contributed by atoms with Gasteiger partial charge in [0.05, 0.1) is 0 Å². The third-order valence-electron chi connectivity index (χ3n) is 2.72. The monoisotopic (exact) mass is 240 g/mol. The fraction of sp³-hybridized carbons (Fsp3) is 0.538. The highest BCUT2D eigenvalue weighted by Crippen LogP contribution is 2.13. The molecule has 0 heterocycles. The number of ether oxygens (including phenoxy) is 1. The lowest BCUT2D eigenvalue weighted by atomic mass is 10.1. The maximum Gasteiger partial charge on any atom is 0.123 e. The summed E-state index contributed by atoms with van der Waals surface area (Å²) in [5, 5.41) is 0. The molecule has 0 unspecified atom stereocenters. The van der Waals surface area contributed by atoms with Gasteiger partial charge in [-0.2, -0.15) is 0 Å². The summed E-state index contributed by atoms with van der Waals surface area (Å²) in [5.74, 6) is -0.226. The van der Waals surface area contributed by atoms with Crippen LogP contribution in [0, 0.1) is 5.82 Å². The van der Waals surface area contributed by atoms with E-state index in [1.54, 1.807) is 7.11 Å². The molecule has 0 aliphatic rings. The average Bonchev–Trinajstić information content (AvgIpc) is 2.32. The van der Waals surface area contributed by atoms with E-state index in [0.29, 0.717) is 6.54 Å². The van der Waals surface area contributed by atoms with Crippen molar-refractivity contribution in [2.45, 2.75) is 19.5 Å². The lowest BCUT2D eigenvalue weighted by Crippen LogP contribution is -2.21. The second kappa shape index (κ2) is 7.37. The summed E-state index contributed by atoms with van der Waals surface area (Å²) in [6, 6.07) is 4.81. The van der Waals surface area contributed by atoms with Crippen LogP contribution in [0.25, 0.3) is 0 Å². The van der Waals surface area contributed by atoms with Crippen LogP contribution in [0.2, 0.25) is 0 Å². The van der Waals surface area contributed by atoms with E-state index in [2.05, 4.69) is 4.90 Å². The largest absolute Gasteiger partial charge is 0.385 e. The first-order valence-corrected chi connectivity index (χ1v) is 5.82. The van der Waals surface area contributed by atoms with Gasteiger partial charge in [0.1, 0.15) is 5.82 Å². The topological polar surface area (TPSA) is 38.5 Å². The summed E-state index contributed by atoms with van der Waals surface area (Å²) in [6.07, 6.45) is 0.992. The molecule has 0 aliphatic heterocycles. The molecular weight excluding hydrogens is 219 g/mol. The zero-order valence-electron chi connectivity index (χ0n) is 10.6. The van der Waals surface area contributed by atoms with Gasteiger partial charge in [-0.3, -0.25) is 0 Å². The summed E-state index contributed by atoms with van der Waals surface area (Å²) in [7, 11) is 3.74. The van der Waals surface area contributed by atoms with Crippen molar-refractivity contribution in [1.29, 1.82) is 0 Å². The van der Waals surface area contributed by atoms with E-state index in [1.807, 2.05) is 13.1 Å². The van der Waals surface area contributed by atoms with E-state index in [1.165, 1.54) is 12.1 Å². The van der Waals surface area contributed by atoms with Gasteiger partial charge < -0.3 is 15.4 Å². The maximum absolute atomic E-state index is 13.0. The molecule has 2 N–H and O–H groups in total. The molecule has 0 saturated heterocycles. The van der Waals surface area contributed by atoms with Gasteiger partial charge in [-0.15, -0.1) is 0 Å². The molecule has 0 amide bonds. The molecule has 0 radical (unpaired) electrons. The number of nitrogens with zero attached hydrogens (tertiary/aromatic N) is 1. The van der Waals surface area contributed by atoms with Gasteiger partial charge in [-0.1, -0.05) is 6.07 Å². The minimum Gasteiger partial charge on any atom is -0.385 e. The first kappa shape index (κ1) is 14.1. The van der Waals surface area contributed by atoms with Gasteiger partial charge in [0.2, 0.25) is 0 Å². The summed E-state index contributed by atoms with van der Waals surface area (Å²) in [6.45, 7) is 2.88. The lowest BCUT2D eigenvalue weighted by molar-refractivity contribution is 0.178. The standard InChI is InChI=1S/C13H21FN2O/c1-16(6-3-7-17-2)10-11-4-5-13(14)8-12(11)9-15/h4-5,8H,3,6-7,9-10,15H2,1-2H3. The predicted molar refractivity (Wildman–Crippen MR) is 67.1 cm³/mol. The van der Waals surface area contributed by atoms with E-state index >= 15 is 0 Å². The molecule has 96 valence electrons. The third kappa shape index (κ3) is 4.81. The molecule has 0 fully saturated rings. The molecule has 0 atom stereocenters. The summed E-state index contributed by atoms with van der Waals surface area (Å²) in [4.78, 5) is 2.19. The highest BCUT2D eigenvalue weighted by atomic mass is 19.1. The van der Waals surface area contributed by atoms with Gasteiger partial charge >= 0.3 is 0 Å². The van der Waals surface area contributed by atoms with Crippen molar-refractivity contribution in [3.8, 4) is 0 Å². The Labute approximate surface area is 102 Å². The minimum atomic E-state index is -0.226. The highest BCUT2D eigenvalue weighted by molar-refractivity contribution is 5.27. The Balaban J connectivity index is 2.55. The Morgan fingerprint density at radius 3 is 2.76 bits per heavy atom. The fourth-order valence-electron chi connectivity index (χ4n) is 1.79. The second-order valence-corrected chi connectivity index (χ2v) is 4.20. The number of hydrogen-bond donors (Lipinski definition) is 1. The Morgan fingerprint density at radius 2 is 2.12 bits per heavy atom. The molecule has 0 aliphatic carbocycles. The van der Waals surface area contributed by atoms with E-state index in [4.69, 9.17) is 10.5 Å². The zero-order chi connectivity index (χ0) is 12.7. The van der Waals surface area contributed by atoms with E-state index < -0.39 is 0 Å². The summed E-state index contributed by atoms with van der Waals surface area (Å²) >= 11 is 0. The van der Waals surface area contributed by atoms with Gasteiger partial charge in [-0.05, 0) is 36.7 Å². The third-order valence-corrected chi connectivity index (χ3v) is 2.72.